The smallest absolute Gasteiger partial charge is 0.0998 e. The van der Waals surface area contributed by atoms with Crippen LogP contribution in [0.25, 0.3) is 49.7 Å². The van der Waals surface area contributed by atoms with Crippen LogP contribution < -0.4 is 0 Å². The zero-order chi connectivity index (χ0) is 23.8. The lowest BCUT2D eigenvalue weighted by Gasteiger charge is -2.14. The number of para-hydroxylation sites is 2. The Kier molecular flexibility index (Phi) is 4.88. The molecule has 0 N–H and O–H groups in total. The molecular formula is C32H19N3. The summed E-state index contributed by atoms with van der Waals surface area (Å²) in [5.41, 5.74) is 7.94. The van der Waals surface area contributed by atoms with E-state index in [1.165, 1.54) is 0 Å². The second-order valence-electron chi connectivity index (χ2n) is 8.43. The average molecular weight is 446 g/mol. The zero-order valence-corrected chi connectivity index (χ0v) is 18.8. The van der Waals surface area contributed by atoms with Gasteiger partial charge in [-0.3, -0.25) is 0 Å². The molecule has 6 rings (SSSR count). The van der Waals surface area contributed by atoms with Crippen LogP contribution in [-0.2, 0) is 0 Å². The number of fused-ring (bicyclic) bond motifs is 3. The van der Waals surface area contributed by atoms with Crippen molar-refractivity contribution in [2.75, 3.05) is 0 Å². The molecule has 0 saturated heterocycles. The minimum absolute atomic E-state index is 0.495. The molecule has 0 spiro atoms. The van der Waals surface area contributed by atoms with Crippen molar-refractivity contribution < 1.29 is 0 Å². The van der Waals surface area contributed by atoms with Gasteiger partial charge in [-0.05, 0) is 53.6 Å². The van der Waals surface area contributed by atoms with Gasteiger partial charge >= 0.3 is 0 Å². The number of hydrogen-bond acceptors (Lipinski definition) is 2. The lowest BCUT2D eigenvalue weighted by Crippen LogP contribution is -1.96. The van der Waals surface area contributed by atoms with E-state index >= 15 is 0 Å². The summed E-state index contributed by atoms with van der Waals surface area (Å²) in [5, 5.41) is 21.9. The molecule has 3 nitrogen and oxygen atoms in total. The second-order valence-corrected chi connectivity index (χ2v) is 8.43. The van der Waals surface area contributed by atoms with E-state index in [0.29, 0.717) is 16.7 Å². The van der Waals surface area contributed by atoms with E-state index in [-0.39, 0.29) is 0 Å². The van der Waals surface area contributed by atoms with Crippen LogP contribution in [0.3, 0.4) is 0 Å². The van der Waals surface area contributed by atoms with Crippen LogP contribution in [0.2, 0.25) is 0 Å². The molecule has 0 fully saturated rings. The molecule has 35 heavy (non-hydrogen) atoms. The van der Waals surface area contributed by atoms with Crippen LogP contribution in [0.1, 0.15) is 11.1 Å². The van der Waals surface area contributed by atoms with Crippen LogP contribution in [0.15, 0.2) is 115 Å². The Balaban J connectivity index is 1.83. The number of benzene rings is 5. The predicted octanol–water partition coefficient (Wildman–Crippen LogP) is 7.86. The lowest BCUT2D eigenvalue weighted by atomic mass is 9.91. The van der Waals surface area contributed by atoms with Crippen molar-refractivity contribution in [2.45, 2.75) is 0 Å². The predicted molar refractivity (Wildman–Crippen MR) is 141 cm³/mol. The molecule has 6 aromatic rings. The number of aromatic nitrogens is 1. The molecule has 0 aliphatic rings. The molecule has 0 atom stereocenters. The summed E-state index contributed by atoms with van der Waals surface area (Å²) in [6.07, 6.45) is 0. The fraction of sp³-hybridized carbons (Fsp3) is 0. The highest BCUT2D eigenvalue weighted by Crippen LogP contribution is 2.42. The Hall–Kier alpha value is -5.12. The van der Waals surface area contributed by atoms with Crippen molar-refractivity contribution in [3.63, 3.8) is 0 Å². The summed E-state index contributed by atoms with van der Waals surface area (Å²) in [7, 11) is 0. The van der Waals surface area contributed by atoms with Gasteiger partial charge in [0, 0.05) is 27.6 Å². The Labute approximate surface area is 203 Å². The molecule has 5 aromatic carbocycles. The number of rotatable bonds is 3. The molecule has 162 valence electrons. The molecule has 0 saturated carbocycles. The lowest BCUT2D eigenvalue weighted by molar-refractivity contribution is 1.18. The van der Waals surface area contributed by atoms with E-state index in [4.69, 9.17) is 0 Å². The fourth-order valence-corrected chi connectivity index (χ4v) is 4.97. The third-order valence-corrected chi connectivity index (χ3v) is 6.46. The normalized spacial score (nSPS) is 10.8. The standard InChI is InChI=1S/C32H19N3/c33-20-23-12-9-13-24(21-34)31(23)25-18-28(22-10-3-1-4-11-22)32-29(19-25)27-16-7-8-17-30(27)35(32)26-14-5-2-6-15-26/h1-19H. The van der Waals surface area contributed by atoms with Crippen molar-refractivity contribution >= 4 is 21.8 Å². The molecule has 0 bridgehead atoms. The van der Waals surface area contributed by atoms with Crippen LogP contribution in [0, 0.1) is 22.7 Å². The first-order valence-electron chi connectivity index (χ1n) is 11.4. The van der Waals surface area contributed by atoms with Crippen molar-refractivity contribution in [1.29, 1.82) is 10.5 Å². The van der Waals surface area contributed by atoms with Crippen molar-refractivity contribution in [1.82, 2.24) is 4.57 Å². The van der Waals surface area contributed by atoms with Crippen LogP contribution >= 0.6 is 0 Å². The first kappa shape index (κ1) is 20.5. The molecule has 0 aliphatic heterocycles. The Morgan fingerprint density at radius 3 is 1.86 bits per heavy atom. The number of nitrogens with zero attached hydrogens (tertiary/aromatic N) is 3. The third-order valence-electron chi connectivity index (χ3n) is 6.46. The van der Waals surface area contributed by atoms with Gasteiger partial charge in [-0.2, -0.15) is 10.5 Å². The van der Waals surface area contributed by atoms with Crippen LogP contribution in [-0.4, -0.2) is 4.57 Å². The number of hydrogen-bond donors (Lipinski definition) is 0. The summed E-state index contributed by atoms with van der Waals surface area (Å²) in [5.74, 6) is 0. The van der Waals surface area contributed by atoms with Crippen molar-refractivity contribution in [2.24, 2.45) is 0 Å². The summed E-state index contributed by atoms with van der Waals surface area (Å²) < 4.78 is 2.30. The second kappa shape index (κ2) is 8.34. The molecule has 3 heteroatoms. The molecule has 0 unspecified atom stereocenters. The van der Waals surface area contributed by atoms with E-state index < -0.39 is 0 Å². The monoisotopic (exact) mass is 445 g/mol. The fourth-order valence-electron chi connectivity index (χ4n) is 4.97. The van der Waals surface area contributed by atoms with Crippen molar-refractivity contribution in [3.05, 3.63) is 126 Å². The molecule has 1 aromatic heterocycles. The maximum atomic E-state index is 9.86. The molecule has 0 radical (unpaired) electrons. The van der Waals surface area contributed by atoms with Crippen LogP contribution in [0.4, 0.5) is 0 Å². The Morgan fingerprint density at radius 1 is 0.543 bits per heavy atom. The Bertz CT molecular complexity index is 1770. The average Bonchev–Trinajstić information content (AvgIpc) is 3.27. The van der Waals surface area contributed by atoms with E-state index in [2.05, 4.69) is 89.5 Å². The highest BCUT2D eigenvalue weighted by Gasteiger charge is 2.20. The first-order chi connectivity index (χ1) is 17.3. The summed E-state index contributed by atoms with van der Waals surface area (Å²) in [6, 6.07) is 43.2. The molecular weight excluding hydrogens is 426 g/mol. The highest BCUT2D eigenvalue weighted by molar-refractivity contribution is 6.15. The van der Waals surface area contributed by atoms with Gasteiger partial charge in [-0.15, -0.1) is 0 Å². The maximum Gasteiger partial charge on any atom is 0.0998 e. The van der Waals surface area contributed by atoms with Crippen LogP contribution in [0.5, 0.6) is 0 Å². The topological polar surface area (TPSA) is 52.5 Å². The zero-order valence-electron chi connectivity index (χ0n) is 18.8. The van der Waals surface area contributed by atoms with Gasteiger partial charge in [-0.1, -0.05) is 72.8 Å². The largest absolute Gasteiger partial charge is 0.309 e. The summed E-state index contributed by atoms with van der Waals surface area (Å²) in [6.45, 7) is 0. The first-order valence-corrected chi connectivity index (χ1v) is 11.4. The molecule has 0 aliphatic carbocycles. The van der Waals surface area contributed by atoms with Gasteiger partial charge in [0.15, 0.2) is 0 Å². The summed E-state index contributed by atoms with van der Waals surface area (Å²) in [4.78, 5) is 0. The van der Waals surface area contributed by atoms with Gasteiger partial charge in [0.05, 0.1) is 34.3 Å². The van der Waals surface area contributed by atoms with Gasteiger partial charge in [0.25, 0.3) is 0 Å². The van der Waals surface area contributed by atoms with E-state index in [1.807, 2.05) is 24.3 Å². The van der Waals surface area contributed by atoms with Crippen molar-refractivity contribution in [3.8, 4) is 40.1 Å². The highest BCUT2D eigenvalue weighted by atomic mass is 15.0. The van der Waals surface area contributed by atoms with E-state index in [1.54, 1.807) is 18.2 Å². The van der Waals surface area contributed by atoms with Gasteiger partial charge in [0.2, 0.25) is 0 Å². The van der Waals surface area contributed by atoms with E-state index in [9.17, 15) is 10.5 Å². The molecule has 1 heterocycles. The third kappa shape index (κ3) is 3.27. The minimum Gasteiger partial charge on any atom is -0.309 e. The SMILES string of the molecule is N#Cc1cccc(C#N)c1-c1cc(-c2ccccc2)c2c(c1)c1ccccc1n2-c1ccccc1. The van der Waals surface area contributed by atoms with Gasteiger partial charge in [-0.25, -0.2) is 0 Å². The number of nitriles is 2. The van der Waals surface area contributed by atoms with Gasteiger partial charge in [0.1, 0.15) is 0 Å². The molecule has 0 amide bonds. The van der Waals surface area contributed by atoms with Gasteiger partial charge < -0.3 is 4.57 Å². The quantitative estimate of drug-likeness (QED) is 0.278. The minimum atomic E-state index is 0.495. The Morgan fingerprint density at radius 2 is 1.17 bits per heavy atom. The van der Waals surface area contributed by atoms with E-state index in [0.717, 1.165) is 44.2 Å². The maximum absolute atomic E-state index is 9.86. The summed E-state index contributed by atoms with van der Waals surface area (Å²) >= 11 is 0.